The van der Waals surface area contributed by atoms with Crippen molar-refractivity contribution in [3.8, 4) is 17.2 Å². The Kier molecular flexibility index (Phi) is 22.0. The van der Waals surface area contributed by atoms with Crippen LogP contribution in [0.2, 0.25) is 0 Å². The van der Waals surface area contributed by atoms with Gasteiger partial charge in [0.1, 0.15) is 54.5 Å². The predicted molar refractivity (Wildman–Crippen MR) is 286 cm³/mol. The number of ketones is 1. The number of Topliss-reactive ketones (excluding diaryl/α,β-unsaturated/α-hetero) is 1. The van der Waals surface area contributed by atoms with Crippen molar-refractivity contribution >= 4 is 53.2 Å². The van der Waals surface area contributed by atoms with Crippen molar-refractivity contribution in [3.63, 3.8) is 0 Å². The van der Waals surface area contributed by atoms with Crippen LogP contribution in [0, 0.1) is 11.2 Å². The molecular weight excluding hydrogens is 1030 g/mol. The van der Waals surface area contributed by atoms with Crippen molar-refractivity contribution < 1.29 is 76.0 Å². The number of hydrogen-bond acceptors (Lipinski definition) is 15. The first-order chi connectivity index (χ1) is 37.2. The summed E-state index contributed by atoms with van der Waals surface area (Å²) in [7, 11) is 7.31. The maximum atomic E-state index is 15.7. The van der Waals surface area contributed by atoms with Crippen LogP contribution in [0.1, 0.15) is 111 Å². The van der Waals surface area contributed by atoms with Crippen LogP contribution in [-0.2, 0) is 63.8 Å². The van der Waals surface area contributed by atoms with E-state index in [1.807, 2.05) is 0 Å². The summed E-state index contributed by atoms with van der Waals surface area (Å²) < 4.78 is 50.0. The van der Waals surface area contributed by atoms with E-state index >= 15 is 4.39 Å². The zero-order chi connectivity index (χ0) is 58.5. The number of carbonyl (C=O) groups is 9. The van der Waals surface area contributed by atoms with Crippen LogP contribution in [0.25, 0.3) is 0 Å². The summed E-state index contributed by atoms with van der Waals surface area (Å²) in [4.78, 5) is 131. The smallest absolute Gasteiger partial charge is 0.330 e. The molecule has 0 aliphatic carbocycles. The normalized spacial score (nSPS) is 24.9. The number of amides is 6. The highest BCUT2D eigenvalue weighted by atomic mass is 19.1. The highest BCUT2D eigenvalue weighted by Gasteiger charge is 2.44. The second-order valence-corrected chi connectivity index (χ2v) is 21.9. The predicted octanol–water partition coefficient (Wildman–Crippen LogP) is 4.36. The minimum absolute atomic E-state index is 0.0490. The minimum Gasteiger partial charge on any atom is -0.493 e. The molecule has 0 radical (unpaired) electrons. The largest absolute Gasteiger partial charge is 0.493 e. The fraction of sp³-hybridized carbons (Fsp3) is 0.596. The number of ether oxygens (including phenoxy) is 6. The van der Waals surface area contributed by atoms with Gasteiger partial charge < -0.3 is 58.2 Å². The molecule has 79 heavy (non-hydrogen) atoms. The molecule has 2 aromatic carbocycles. The van der Waals surface area contributed by atoms with Gasteiger partial charge in [0.15, 0.2) is 18.1 Å². The lowest BCUT2D eigenvalue weighted by Gasteiger charge is -2.36. The van der Waals surface area contributed by atoms with Gasteiger partial charge in [0, 0.05) is 52.9 Å². The molecule has 3 heterocycles. The van der Waals surface area contributed by atoms with Gasteiger partial charge in [-0.15, -0.1) is 0 Å². The quantitative estimate of drug-likeness (QED) is 0.300. The van der Waals surface area contributed by atoms with Crippen LogP contribution in [0.5, 0.6) is 17.2 Å². The maximum Gasteiger partial charge on any atom is 0.330 e. The van der Waals surface area contributed by atoms with E-state index in [4.69, 9.17) is 28.4 Å². The van der Waals surface area contributed by atoms with Crippen molar-refractivity contribution in [2.45, 2.75) is 142 Å². The Morgan fingerprint density at radius 3 is 2.14 bits per heavy atom. The second kappa shape index (κ2) is 27.7. The molecule has 5 rings (SSSR count). The van der Waals surface area contributed by atoms with Gasteiger partial charge in [-0.3, -0.25) is 33.6 Å². The summed E-state index contributed by atoms with van der Waals surface area (Å²) in [5.41, 5.74) is -1.36. The van der Waals surface area contributed by atoms with Crippen LogP contribution >= 0.6 is 0 Å². The number of hydrogen-bond donors (Lipinski definition) is 1. The van der Waals surface area contributed by atoms with Crippen molar-refractivity contribution in [1.82, 2.24) is 29.8 Å². The zero-order valence-electron chi connectivity index (χ0n) is 47.7. The number of aryl methyl sites for hydroxylation is 1. The lowest BCUT2D eigenvalue weighted by atomic mass is 9.87. The summed E-state index contributed by atoms with van der Waals surface area (Å²) in [5, 5.41) is 2.64. The number of fused-ring (bicyclic) bond motifs is 4. The number of piperidine rings is 1. The minimum atomic E-state index is -1.53. The number of carbonyl (C=O) groups excluding carboxylic acids is 9. The number of cyclic esters (lactones) is 2. The van der Waals surface area contributed by atoms with Crippen molar-refractivity contribution in [1.29, 1.82) is 0 Å². The summed E-state index contributed by atoms with van der Waals surface area (Å²) in [6.45, 7) is 10.2. The number of benzene rings is 2. The molecule has 3 aliphatic heterocycles. The molecule has 1 N–H and O–H groups in total. The average molecular weight is 1110 g/mol. The number of esters is 2. The van der Waals surface area contributed by atoms with Crippen LogP contribution in [0.3, 0.4) is 0 Å². The van der Waals surface area contributed by atoms with E-state index in [9.17, 15) is 43.2 Å². The van der Waals surface area contributed by atoms with Gasteiger partial charge in [-0.05, 0) is 135 Å². The molecule has 0 saturated carbocycles. The van der Waals surface area contributed by atoms with E-state index in [0.717, 1.165) is 33.6 Å². The number of methoxy groups -OCH3 is 2. The van der Waals surface area contributed by atoms with E-state index < -0.39 is 114 Å². The number of nitrogens with zero attached hydrogens (tertiary/aromatic N) is 5. The van der Waals surface area contributed by atoms with Gasteiger partial charge >= 0.3 is 11.9 Å². The Labute approximate surface area is 462 Å². The average Bonchev–Trinajstić information content (AvgIpc) is 3.95. The van der Waals surface area contributed by atoms with E-state index in [1.165, 1.54) is 82.9 Å². The summed E-state index contributed by atoms with van der Waals surface area (Å²) >= 11 is 0. The highest BCUT2D eigenvalue weighted by Crippen LogP contribution is 2.34. The first-order valence-electron chi connectivity index (χ1n) is 26.7. The van der Waals surface area contributed by atoms with E-state index in [-0.39, 0.29) is 69.1 Å². The molecule has 434 valence electrons. The zero-order valence-corrected chi connectivity index (χ0v) is 47.7. The molecule has 2 saturated heterocycles. The van der Waals surface area contributed by atoms with Crippen molar-refractivity contribution in [3.05, 3.63) is 65.5 Å². The fourth-order valence-electron chi connectivity index (χ4n) is 9.37. The Morgan fingerprint density at radius 1 is 0.772 bits per heavy atom. The Morgan fingerprint density at radius 2 is 1.46 bits per heavy atom. The number of nitrogens with one attached hydrogen (secondary N) is 1. The first-order valence-corrected chi connectivity index (χ1v) is 26.7. The monoisotopic (exact) mass is 1110 g/mol. The summed E-state index contributed by atoms with van der Waals surface area (Å²) in [6.07, 6.45) is 4.06. The Bertz CT molecular complexity index is 2600. The summed E-state index contributed by atoms with van der Waals surface area (Å²) in [6, 6.07) is 3.21. The third kappa shape index (κ3) is 16.7. The maximum absolute atomic E-state index is 15.7. The molecule has 21 nitrogen and oxygen atoms in total. The molecule has 3 aliphatic rings. The van der Waals surface area contributed by atoms with Crippen LogP contribution in [-0.4, -0.2) is 188 Å². The van der Waals surface area contributed by atoms with Crippen LogP contribution < -0.4 is 19.5 Å². The topological polar surface area (TPSA) is 237 Å². The molecule has 0 spiro atoms. The second-order valence-electron chi connectivity index (χ2n) is 21.9. The van der Waals surface area contributed by atoms with Gasteiger partial charge in [0.2, 0.25) is 29.4 Å². The molecule has 22 heteroatoms. The van der Waals surface area contributed by atoms with E-state index in [2.05, 4.69) is 5.32 Å². The van der Waals surface area contributed by atoms with Gasteiger partial charge in [-0.1, -0.05) is 12.1 Å². The SMILES string of the molecule is COc1ccc(CC[C@H]2OC(=O)[C@@H]3CCCCN3C(=O)C(=O)C(C)(C)COC(=O)/C=C/CCN(C)C(=O)[C@@H]3CCCN3C(=O)[C@H](COC(C)(C)C)N(C)C(=O)[C@@H](C)NC(=O)[C@H](C)N(C)C(=O)COc3cc(F)cc2c3)cc1OC. The standard InChI is InChI=1S/C57H79FN6O15/c1-35-51(69)62(10)43(32-78-56(3,4)5)53(71)63-27-17-19-41(63)52(70)60(8)25-15-14-20-48(66)77-34-57(6,7)49(67)54(72)64-26-16-13-18-42(64)55(73)79-44(23-21-37-22-24-45(74-11)46(28-37)75-12)38-29-39(58)31-40(30-38)76-33-47(65)61(9)36(2)50(68)59-35/h14,20,22,24,28-31,35-36,41-44H,13,15-19,21,23,25-27,32-34H2,1-12H3,(H,59,68)/b20-14+/t35-,36+,41+,42+,43+,44-/m1/s1. The first kappa shape index (κ1) is 62.7. The van der Waals surface area contributed by atoms with Crippen molar-refractivity contribution in [2.75, 3.05) is 74.8 Å². The number of halogens is 1. The van der Waals surface area contributed by atoms with Gasteiger partial charge in [-0.25, -0.2) is 14.0 Å². The molecule has 2 bridgehead atoms. The van der Waals surface area contributed by atoms with E-state index in [1.54, 1.807) is 46.0 Å². The third-order valence-corrected chi connectivity index (χ3v) is 14.4. The molecule has 6 amide bonds. The van der Waals surface area contributed by atoms with Gasteiger partial charge in [0.25, 0.3) is 11.8 Å². The van der Waals surface area contributed by atoms with Crippen LogP contribution in [0.15, 0.2) is 48.6 Å². The van der Waals surface area contributed by atoms with Gasteiger partial charge in [-0.2, -0.15) is 0 Å². The van der Waals surface area contributed by atoms with Gasteiger partial charge in [0.05, 0.1) is 31.8 Å². The number of rotatable bonds is 7. The van der Waals surface area contributed by atoms with E-state index in [0.29, 0.717) is 37.2 Å². The lowest BCUT2D eigenvalue weighted by molar-refractivity contribution is -0.165. The molecule has 0 aromatic heterocycles. The van der Waals surface area contributed by atoms with Crippen molar-refractivity contribution in [2.24, 2.45) is 5.41 Å². The Hall–Kier alpha value is -7.10. The summed E-state index contributed by atoms with van der Waals surface area (Å²) in [5.74, 6) is -6.47. The molecular formula is C57H79FN6O15. The molecule has 2 fully saturated rings. The Balaban J connectivity index is 1.46. The third-order valence-electron chi connectivity index (χ3n) is 14.4. The number of likely N-dealkylation sites (N-methyl/N-ethyl adjacent to an activating group) is 3. The highest BCUT2D eigenvalue weighted by molar-refractivity contribution is 6.38. The van der Waals surface area contributed by atoms with Crippen LogP contribution in [0.4, 0.5) is 4.39 Å². The molecule has 0 unspecified atom stereocenters. The fourth-order valence-corrected chi connectivity index (χ4v) is 9.37. The molecule has 6 atom stereocenters. The molecule has 2 aromatic rings. The lowest BCUT2D eigenvalue weighted by Crippen LogP contribution is -2.59.